The SMILES string of the molecule is CN(C(=O)Nc1ccccc1)c1ccn(-c2cc3c(cc2[N+](=O)[O-])[nH]c(=O)c(=O)n3CC(=O)O)c1. The molecule has 4 rings (SSSR count). The van der Waals surface area contributed by atoms with E-state index in [4.69, 9.17) is 5.11 Å². The number of nitro groups is 1. The van der Waals surface area contributed by atoms with Crippen LogP contribution in [-0.4, -0.2) is 43.2 Å². The molecular formula is C22H18N6O7. The van der Waals surface area contributed by atoms with E-state index in [1.807, 2.05) is 6.07 Å². The first kappa shape index (κ1) is 23.0. The van der Waals surface area contributed by atoms with E-state index in [1.165, 1.54) is 35.0 Å². The third-order valence-corrected chi connectivity index (χ3v) is 5.23. The van der Waals surface area contributed by atoms with E-state index < -0.39 is 40.3 Å². The van der Waals surface area contributed by atoms with Crippen molar-refractivity contribution < 1.29 is 19.6 Å². The summed E-state index contributed by atoms with van der Waals surface area (Å²) in [7, 11) is 1.52. The number of carbonyl (C=O) groups excluding carboxylic acids is 1. The van der Waals surface area contributed by atoms with E-state index in [0.717, 1.165) is 10.6 Å². The topological polar surface area (TPSA) is 173 Å². The molecule has 0 bridgehead atoms. The molecule has 0 aliphatic heterocycles. The van der Waals surface area contributed by atoms with Gasteiger partial charge in [-0.1, -0.05) is 18.2 Å². The zero-order valence-electron chi connectivity index (χ0n) is 18.2. The van der Waals surface area contributed by atoms with E-state index in [2.05, 4.69) is 10.3 Å². The first-order valence-corrected chi connectivity index (χ1v) is 10.1. The number of nitrogens with one attached hydrogen (secondary N) is 2. The fraction of sp³-hybridized carbons (Fsp3) is 0.0909. The summed E-state index contributed by atoms with van der Waals surface area (Å²) in [6.07, 6.45) is 2.94. The second kappa shape index (κ2) is 8.97. The van der Waals surface area contributed by atoms with Gasteiger partial charge in [0.15, 0.2) is 0 Å². The summed E-state index contributed by atoms with van der Waals surface area (Å²) in [6, 6.07) is 12.2. The number of benzene rings is 2. The first-order chi connectivity index (χ1) is 16.7. The standard InChI is InChI=1S/C22H18N6O7/c1-25(22(33)23-13-5-3-2-4-6-13)14-7-8-26(11-14)17-10-16-15(9-18(17)28(34)35)24-20(31)21(32)27(16)12-19(29)30/h2-11H,12H2,1H3,(H,23,33)(H,24,31)(H,29,30). The predicted molar refractivity (Wildman–Crippen MR) is 126 cm³/mol. The molecule has 2 aromatic heterocycles. The van der Waals surface area contributed by atoms with E-state index >= 15 is 0 Å². The summed E-state index contributed by atoms with van der Waals surface area (Å²) in [6.45, 7) is -0.810. The molecule has 13 heteroatoms. The Bertz CT molecular complexity index is 1590. The lowest BCUT2D eigenvalue weighted by Crippen LogP contribution is -2.37. The number of nitrogens with zero attached hydrogens (tertiary/aromatic N) is 4. The Morgan fingerprint density at radius 1 is 1.17 bits per heavy atom. The van der Waals surface area contributed by atoms with Gasteiger partial charge in [0.1, 0.15) is 12.2 Å². The van der Waals surface area contributed by atoms with Crippen molar-refractivity contribution in [3.8, 4) is 5.69 Å². The highest BCUT2D eigenvalue weighted by Gasteiger charge is 2.22. The number of H-pyrrole nitrogens is 1. The molecule has 13 nitrogen and oxygen atoms in total. The highest BCUT2D eigenvalue weighted by atomic mass is 16.6. The minimum atomic E-state index is -1.37. The Morgan fingerprint density at radius 3 is 2.54 bits per heavy atom. The minimum Gasteiger partial charge on any atom is -0.480 e. The fourth-order valence-corrected chi connectivity index (χ4v) is 3.52. The monoisotopic (exact) mass is 478 g/mol. The van der Waals surface area contributed by atoms with Crippen molar-refractivity contribution in [2.45, 2.75) is 6.54 Å². The van der Waals surface area contributed by atoms with E-state index in [-0.39, 0.29) is 16.7 Å². The molecule has 4 aromatic rings. The zero-order chi connectivity index (χ0) is 25.3. The molecule has 2 amide bonds. The largest absolute Gasteiger partial charge is 0.480 e. The molecular weight excluding hydrogens is 460 g/mol. The van der Waals surface area contributed by atoms with Gasteiger partial charge >= 0.3 is 23.1 Å². The van der Waals surface area contributed by atoms with Crippen LogP contribution < -0.4 is 21.3 Å². The molecule has 35 heavy (non-hydrogen) atoms. The zero-order valence-corrected chi connectivity index (χ0v) is 18.2. The van der Waals surface area contributed by atoms with E-state index in [0.29, 0.717) is 11.4 Å². The van der Waals surface area contributed by atoms with Gasteiger partial charge in [0.05, 0.1) is 21.6 Å². The summed E-state index contributed by atoms with van der Waals surface area (Å²) < 4.78 is 2.09. The summed E-state index contributed by atoms with van der Waals surface area (Å²) in [5.41, 5.74) is -1.72. The molecule has 0 aliphatic rings. The maximum atomic E-state index is 12.6. The molecule has 0 atom stereocenters. The molecule has 178 valence electrons. The van der Waals surface area contributed by atoms with Crippen molar-refractivity contribution >= 4 is 40.1 Å². The summed E-state index contributed by atoms with van der Waals surface area (Å²) in [5.74, 6) is -1.37. The highest BCUT2D eigenvalue weighted by molar-refractivity contribution is 6.01. The number of anilines is 2. The number of aliphatic carboxylic acids is 1. The van der Waals surface area contributed by atoms with Crippen molar-refractivity contribution in [2.75, 3.05) is 17.3 Å². The van der Waals surface area contributed by atoms with Crippen molar-refractivity contribution in [3.05, 3.63) is 91.7 Å². The number of rotatable bonds is 6. The fourth-order valence-electron chi connectivity index (χ4n) is 3.52. The number of fused-ring (bicyclic) bond motifs is 1. The number of carboxylic acids is 1. The Balaban J connectivity index is 1.78. The van der Waals surface area contributed by atoms with Gasteiger partial charge in [0, 0.05) is 31.2 Å². The molecule has 0 aliphatic carbocycles. The molecule has 0 unspecified atom stereocenters. The smallest absolute Gasteiger partial charge is 0.326 e. The normalized spacial score (nSPS) is 10.8. The average molecular weight is 478 g/mol. The summed E-state index contributed by atoms with van der Waals surface area (Å²) in [4.78, 5) is 62.7. The van der Waals surface area contributed by atoms with E-state index in [1.54, 1.807) is 30.3 Å². The van der Waals surface area contributed by atoms with Crippen molar-refractivity contribution in [1.82, 2.24) is 14.1 Å². The Hall–Kier alpha value is -5.20. The third-order valence-electron chi connectivity index (χ3n) is 5.23. The lowest BCUT2D eigenvalue weighted by atomic mass is 10.2. The van der Waals surface area contributed by atoms with Gasteiger partial charge in [-0.3, -0.25) is 34.0 Å². The third kappa shape index (κ3) is 4.50. The first-order valence-electron chi connectivity index (χ1n) is 10.1. The van der Waals surface area contributed by atoms with Crippen LogP contribution in [0.3, 0.4) is 0 Å². The van der Waals surface area contributed by atoms with Crippen LogP contribution in [-0.2, 0) is 11.3 Å². The van der Waals surface area contributed by atoms with Gasteiger partial charge in [-0.15, -0.1) is 0 Å². The number of aromatic amines is 1. The Morgan fingerprint density at radius 2 is 1.89 bits per heavy atom. The van der Waals surface area contributed by atoms with Gasteiger partial charge < -0.3 is 20.0 Å². The number of hydrogen-bond acceptors (Lipinski definition) is 6. The van der Waals surface area contributed by atoms with Crippen LogP contribution in [0.2, 0.25) is 0 Å². The van der Waals surface area contributed by atoms with Gasteiger partial charge in [0.25, 0.3) is 5.69 Å². The van der Waals surface area contributed by atoms with Gasteiger partial charge in [-0.25, -0.2) is 4.79 Å². The molecule has 0 radical (unpaired) electrons. The van der Waals surface area contributed by atoms with Crippen molar-refractivity contribution in [3.63, 3.8) is 0 Å². The second-order valence-corrected chi connectivity index (χ2v) is 7.49. The van der Waals surface area contributed by atoms with Crippen LogP contribution in [0, 0.1) is 10.1 Å². The molecule has 0 saturated carbocycles. The quantitative estimate of drug-likeness (QED) is 0.216. The molecule has 2 aromatic carbocycles. The van der Waals surface area contributed by atoms with Crippen LogP contribution >= 0.6 is 0 Å². The second-order valence-electron chi connectivity index (χ2n) is 7.49. The molecule has 2 heterocycles. The van der Waals surface area contributed by atoms with Gasteiger partial charge in [0.2, 0.25) is 0 Å². The van der Waals surface area contributed by atoms with Crippen LogP contribution in [0.5, 0.6) is 0 Å². The number of amides is 2. The highest BCUT2D eigenvalue weighted by Crippen LogP contribution is 2.29. The number of carbonyl (C=O) groups is 2. The minimum absolute atomic E-state index is 0.00351. The van der Waals surface area contributed by atoms with E-state index in [9.17, 15) is 29.3 Å². The molecule has 0 saturated heterocycles. The Kier molecular flexibility index (Phi) is 5.89. The van der Waals surface area contributed by atoms with Crippen LogP contribution in [0.25, 0.3) is 16.7 Å². The van der Waals surface area contributed by atoms with Crippen molar-refractivity contribution in [2.24, 2.45) is 0 Å². The number of para-hydroxylation sites is 1. The number of urea groups is 1. The maximum absolute atomic E-state index is 12.6. The number of nitro benzene ring substituents is 1. The lowest BCUT2D eigenvalue weighted by Gasteiger charge is -2.16. The molecule has 0 fully saturated rings. The van der Waals surface area contributed by atoms with Gasteiger partial charge in [-0.2, -0.15) is 0 Å². The predicted octanol–water partition coefficient (Wildman–Crippen LogP) is 2.14. The molecule has 0 spiro atoms. The summed E-state index contributed by atoms with van der Waals surface area (Å²) >= 11 is 0. The van der Waals surface area contributed by atoms with Gasteiger partial charge in [-0.05, 0) is 24.3 Å². The van der Waals surface area contributed by atoms with Crippen molar-refractivity contribution in [1.29, 1.82) is 0 Å². The average Bonchev–Trinajstić information content (AvgIpc) is 3.31. The summed E-state index contributed by atoms with van der Waals surface area (Å²) in [5, 5.41) is 23.7. The molecule has 3 N–H and O–H groups in total. The number of carboxylic acid groups (broad SMARTS) is 1. The lowest BCUT2D eigenvalue weighted by molar-refractivity contribution is -0.384. The maximum Gasteiger partial charge on any atom is 0.326 e. The number of aromatic nitrogens is 3. The van der Waals surface area contributed by atoms with Crippen LogP contribution in [0.1, 0.15) is 0 Å². The number of hydrogen-bond donors (Lipinski definition) is 3. The Labute approximate surface area is 195 Å². The van der Waals surface area contributed by atoms with Crippen LogP contribution in [0.15, 0.2) is 70.5 Å². The van der Waals surface area contributed by atoms with Crippen LogP contribution in [0.4, 0.5) is 21.9 Å².